The summed E-state index contributed by atoms with van der Waals surface area (Å²) in [4.78, 5) is 1.37. The van der Waals surface area contributed by atoms with Crippen LogP contribution in [0.3, 0.4) is 0 Å². The van der Waals surface area contributed by atoms with Gasteiger partial charge in [-0.1, -0.05) is 0 Å². The van der Waals surface area contributed by atoms with Crippen LogP contribution in [0, 0.1) is 6.92 Å². The second-order valence-electron chi connectivity index (χ2n) is 4.61. The number of ether oxygens (including phenoxy) is 1. The van der Waals surface area contributed by atoms with Gasteiger partial charge in [-0.3, -0.25) is 0 Å². The first-order valence-corrected chi connectivity index (χ1v) is 7.42. The Hall–Kier alpha value is -0.670. The van der Waals surface area contributed by atoms with E-state index in [4.69, 9.17) is 4.74 Å². The molecular weight excluding hydrogens is 230 g/mol. The molecule has 0 saturated carbocycles. The van der Waals surface area contributed by atoms with Gasteiger partial charge in [-0.2, -0.15) is 0 Å². The molecule has 0 aromatic heterocycles. The summed E-state index contributed by atoms with van der Waals surface area (Å²) < 4.78 is 5.54. The monoisotopic (exact) mass is 251 g/mol. The van der Waals surface area contributed by atoms with Gasteiger partial charge >= 0.3 is 0 Å². The van der Waals surface area contributed by atoms with Gasteiger partial charge in [0.25, 0.3) is 0 Å². The molecule has 1 aromatic rings. The fourth-order valence-electron chi connectivity index (χ4n) is 2.51. The summed E-state index contributed by atoms with van der Waals surface area (Å²) in [5, 5.41) is 3.47. The van der Waals surface area contributed by atoms with Gasteiger partial charge in [0.05, 0.1) is 7.11 Å². The topological polar surface area (TPSA) is 21.3 Å². The number of aryl methyl sites for hydroxylation is 1. The van der Waals surface area contributed by atoms with E-state index < -0.39 is 0 Å². The summed E-state index contributed by atoms with van der Waals surface area (Å²) in [5.74, 6) is 1.65. The molecule has 0 aliphatic carbocycles. The van der Waals surface area contributed by atoms with Gasteiger partial charge < -0.3 is 10.1 Å². The Morgan fingerprint density at radius 1 is 1.41 bits per heavy atom. The standard InChI is InChI=1S/C14H21NOS/c1-10-7-13(16-2)12(8-14(10)17-3)11-5-4-6-15-9-11/h7-8,11,15H,4-6,9H2,1-3H3/t11-/m0/s1. The van der Waals surface area contributed by atoms with E-state index in [2.05, 4.69) is 30.6 Å². The van der Waals surface area contributed by atoms with Crippen LogP contribution in [0.15, 0.2) is 17.0 Å². The summed E-state index contributed by atoms with van der Waals surface area (Å²) in [5.41, 5.74) is 2.68. The lowest BCUT2D eigenvalue weighted by Crippen LogP contribution is -2.28. The number of hydrogen-bond donors (Lipinski definition) is 1. The first-order valence-electron chi connectivity index (χ1n) is 6.19. The lowest BCUT2D eigenvalue weighted by Gasteiger charge is -2.25. The Balaban J connectivity index is 2.35. The number of benzene rings is 1. The first kappa shape index (κ1) is 12.8. The quantitative estimate of drug-likeness (QED) is 0.834. The first-order chi connectivity index (χ1) is 8.26. The highest BCUT2D eigenvalue weighted by molar-refractivity contribution is 7.98. The molecule has 2 rings (SSSR count). The molecule has 3 heteroatoms. The minimum absolute atomic E-state index is 0.602. The highest BCUT2D eigenvalue weighted by atomic mass is 32.2. The molecule has 0 spiro atoms. The molecular formula is C14H21NOS. The minimum Gasteiger partial charge on any atom is -0.496 e. The van der Waals surface area contributed by atoms with Crippen molar-refractivity contribution in [1.82, 2.24) is 5.32 Å². The average molecular weight is 251 g/mol. The number of rotatable bonds is 3. The predicted octanol–water partition coefficient (Wildman–Crippen LogP) is 3.19. The number of hydrogen-bond acceptors (Lipinski definition) is 3. The van der Waals surface area contributed by atoms with Crippen molar-refractivity contribution in [1.29, 1.82) is 0 Å². The normalized spacial score (nSPS) is 20.3. The molecule has 0 amide bonds. The smallest absolute Gasteiger partial charge is 0.122 e. The molecule has 0 radical (unpaired) electrons. The van der Waals surface area contributed by atoms with Crippen LogP contribution in [0.1, 0.15) is 29.9 Å². The maximum atomic E-state index is 5.54. The zero-order chi connectivity index (χ0) is 12.3. The van der Waals surface area contributed by atoms with E-state index in [0.717, 1.165) is 18.8 Å². The van der Waals surface area contributed by atoms with E-state index in [9.17, 15) is 0 Å². The Kier molecular flexibility index (Phi) is 4.35. The molecule has 94 valence electrons. The van der Waals surface area contributed by atoms with E-state index in [1.165, 1.54) is 28.9 Å². The van der Waals surface area contributed by atoms with E-state index >= 15 is 0 Å². The van der Waals surface area contributed by atoms with Crippen molar-refractivity contribution in [2.45, 2.75) is 30.6 Å². The molecule has 1 aliphatic rings. The van der Waals surface area contributed by atoms with E-state index in [1.54, 1.807) is 7.11 Å². The second kappa shape index (κ2) is 5.78. The summed E-state index contributed by atoms with van der Waals surface area (Å²) in [6.45, 7) is 4.38. The Labute approximate surface area is 108 Å². The number of thioether (sulfide) groups is 1. The molecule has 0 unspecified atom stereocenters. The van der Waals surface area contributed by atoms with E-state index in [0.29, 0.717) is 5.92 Å². The zero-order valence-corrected chi connectivity index (χ0v) is 11.7. The summed E-state index contributed by atoms with van der Waals surface area (Å²) >= 11 is 1.82. The highest BCUT2D eigenvalue weighted by Crippen LogP contribution is 2.35. The van der Waals surface area contributed by atoms with Gasteiger partial charge in [-0.15, -0.1) is 11.8 Å². The van der Waals surface area contributed by atoms with Crippen LogP contribution in [0.4, 0.5) is 0 Å². The molecule has 1 aromatic carbocycles. The van der Waals surface area contributed by atoms with Crippen LogP contribution >= 0.6 is 11.8 Å². The molecule has 1 heterocycles. The third kappa shape index (κ3) is 2.78. The van der Waals surface area contributed by atoms with Crippen molar-refractivity contribution >= 4 is 11.8 Å². The largest absolute Gasteiger partial charge is 0.496 e. The number of methoxy groups -OCH3 is 1. The van der Waals surface area contributed by atoms with Crippen molar-refractivity contribution in [2.24, 2.45) is 0 Å². The van der Waals surface area contributed by atoms with Crippen molar-refractivity contribution in [3.63, 3.8) is 0 Å². The molecule has 1 saturated heterocycles. The van der Waals surface area contributed by atoms with E-state index in [1.807, 2.05) is 11.8 Å². The zero-order valence-electron chi connectivity index (χ0n) is 10.9. The van der Waals surface area contributed by atoms with Crippen molar-refractivity contribution in [2.75, 3.05) is 26.5 Å². The molecule has 1 aliphatic heterocycles. The third-order valence-electron chi connectivity index (χ3n) is 3.48. The van der Waals surface area contributed by atoms with Gasteiger partial charge in [0.2, 0.25) is 0 Å². The lowest BCUT2D eigenvalue weighted by molar-refractivity contribution is 0.391. The molecule has 17 heavy (non-hydrogen) atoms. The molecule has 0 bridgehead atoms. The van der Waals surface area contributed by atoms with Crippen LogP contribution in [-0.2, 0) is 0 Å². The maximum absolute atomic E-state index is 5.54. The van der Waals surface area contributed by atoms with Gasteiger partial charge in [0.1, 0.15) is 5.75 Å². The Morgan fingerprint density at radius 2 is 2.24 bits per heavy atom. The molecule has 1 fully saturated rings. The third-order valence-corrected chi connectivity index (χ3v) is 4.36. The summed E-state index contributed by atoms with van der Waals surface area (Å²) in [7, 11) is 1.77. The SMILES string of the molecule is COc1cc(C)c(SC)cc1[C@H]1CCCNC1. The summed E-state index contributed by atoms with van der Waals surface area (Å²) in [6.07, 6.45) is 4.66. The Morgan fingerprint density at radius 3 is 2.82 bits per heavy atom. The molecule has 1 N–H and O–H groups in total. The predicted molar refractivity (Wildman–Crippen MR) is 74.4 cm³/mol. The average Bonchev–Trinajstić information content (AvgIpc) is 2.39. The van der Waals surface area contributed by atoms with Gasteiger partial charge in [-0.25, -0.2) is 0 Å². The van der Waals surface area contributed by atoms with E-state index in [-0.39, 0.29) is 0 Å². The van der Waals surface area contributed by atoms with Gasteiger partial charge in [0, 0.05) is 17.4 Å². The fourth-order valence-corrected chi connectivity index (χ4v) is 3.14. The van der Waals surface area contributed by atoms with Crippen LogP contribution in [0.5, 0.6) is 5.75 Å². The van der Waals surface area contributed by atoms with Crippen LogP contribution in [0.25, 0.3) is 0 Å². The lowest BCUT2D eigenvalue weighted by atomic mass is 9.90. The molecule has 1 atom stereocenters. The summed E-state index contributed by atoms with van der Waals surface area (Å²) in [6, 6.07) is 4.49. The number of piperidine rings is 1. The van der Waals surface area contributed by atoms with Gasteiger partial charge in [-0.05, 0) is 55.8 Å². The number of nitrogens with one attached hydrogen (secondary N) is 1. The fraction of sp³-hybridized carbons (Fsp3) is 0.571. The molecule has 2 nitrogen and oxygen atoms in total. The Bertz CT molecular complexity index is 386. The van der Waals surface area contributed by atoms with Crippen molar-refractivity contribution < 1.29 is 4.74 Å². The van der Waals surface area contributed by atoms with Crippen molar-refractivity contribution in [3.05, 3.63) is 23.3 Å². The highest BCUT2D eigenvalue weighted by Gasteiger charge is 2.20. The van der Waals surface area contributed by atoms with Crippen molar-refractivity contribution in [3.8, 4) is 5.75 Å². The van der Waals surface area contributed by atoms with Crippen LogP contribution in [-0.4, -0.2) is 26.5 Å². The van der Waals surface area contributed by atoms with Crippen LogP contribution in [0.2, 0.25) is 0 Å². The minimum atomic E-state index is 0.602. The second-order valence-corrected chi connectivity index (χ2v) is 5.46. The van der Waals surface area contributed by atoms with Crippen LogP contribution < -0.4 is 10.1 Å². The maximum Gasteiger partial charge on any atom is 0.122 e. The van der Waals surface area contributed by atoms with Gasteiger partial charge in [0.15, 0.2) is 0 Å².